The van der Waals surface area contributed by atoms with Gasteiger partial charge in [-0.15, -0.1) is 0 Å². The standard InChI is InChI=1S/C26H36N2O8/c1-6-8-9-14-27-24(32)20(28-25(33)36-26(3,4)5)16-18-10-12-21(35-17-22(29)30)19(15-18)11-13-23(31)34-7-2/h10,12,15,20H,6-9,14,16-17H2,1-5H3,(H,27,32)(H,28,33)(H,29,30)/t20-/m0/s1. The van der Waals surface area contributed by atoms with Crippen LogP contribution in [0.15, 0.2) is 18.2 Å². The van der Waals surface area contributed by atoms with Gasteiger partial charge in [0.15, 0.2) is 6.61 Å². The number of hydrogen-bond acceptors (Lipinski definition) is 7. The summed E-state index contributed by atoms with van der Waals surface area (Å²) < 4.78 is 15.4. The van der Waals surface area contributed by atoms with E-state index in [2.05, 4.69) is 29.4 Å². The number of carbonyl (C=O) groups excluding carboxylic acids is 3. The lowest BCUT2D eigenvalue weighted by Crippen LogP contribution is -2.49. The molecule has 0 saturated carbocycles. The Balaban J connectivity index is 3.19. The Hall–Kier alpha value is -3.74. The van der Waals surface area contributed by atoms with E-state index in [0.29, 0.717) is 12.1 Å². The Bertz CT molecular complexity index is 972. The van der Waals surface area contributed by atoms with E-state index < -0.39 is 36.3 Å². The molecule has 36 heavy (non-hydrogen) atoms. The Morgan fingerprint density at radius 1 is 1.11 bits per heavy atom. The molecule has 1 aromatic rings. The predicted octanol–water partition coefficient (Wildman–Crippen LogP) is 2.81. The molecule has 0 fully saturated rings. The predicted molar refractivity (Wildman–Crippen MR) is 132 cm³/mol. The van der Waals surface area contributed by atoms with Crippen LogP contribution in [0.25, 0.3) is 0 Å². The zero-order valence-electron chi connectivity index (χ0n) is 21.6. The van der Waals surface area contributed by atoms with Crippen molar-refractivity contribution in [2.45, 2.75) is 71.9 Å². The van der Waals surface area contributed by atoms with Crippen molar-refractivity contribution in [2.24, 2.45) is 0 Å². The van der Waals surface area contributed by atoms with Crippen molar-refractivity contribution in [3.8, 4) is 17.6 Å². The lowest BCUT2D eigenvalue weighted by atomic mass is 10.0. The average Bonchev–Trinajstić information content (AvgIpc) is 2.78. The van der Waals surface area contributed by atoms with Gasteiger partial charge in [-0.05, 0) is 51.8 Å². The number of benzene rings is 1. The van der Waals surface area contributed by atoms with Gasteiger partial charge in [0.2, 0.25) is 5.91 Å². The second kappa shape index (κ2) is 15.3. The minimum absolute atomic E-state index is 0.0894. The van der Waals surface area contributed by atoms with Crippen LogP contribution in [0.2, 0.25) is 0 Å². The van der Waals surface area contributed by atoms with Crippen LogP contribution in [0.1, 0.15) is 65.0 Å². The number of nitrogens with one attached hydrogen (secondary N) is 2. The van der Waals surface area contributed by atoms with Crippen molar-refractivity contribution in [1.29, 1.82) is 0 Å². The molecule has 10 nitrogen and oxygen atoms in total. The maximum Gasteiger partial charge on any atom is 0.408 e. The molecule has 0 aliphatic carbocycles. The summed E-state index contributed by atoms with van der Waals surface area (Å²) >= 11 is 0. The Morgan fingerprint density at radius 3 is 2.44 bits per heavy atom. The summed E-state index contributed by atoms with van der Waals surface area (Å²) in [5.41, 5.74) is 0.0855. The molecule has 3 N–H and O–H groups in total. The zero-order valence-corrected chi connectivity index (χ0v) is 21.6. The van der Waals surface area contributed by atoms with Gasteiger partial charge in [0.25, 0.3) is 0 Å². The van der Waals surface area contributed by atoms with Gasteiger partial charge >= 0.3 is 18.0 Å². The van der Waals surface area contributed by atoms with Crippen molar-refractivity contribution in [2.75, 3.05) is 19.8 Å². The second-order valence-electron chi connectivity index (χ2n) is 8.88. The molecule has 0 spiro atoms. The monoisotopic (exact) mass is 504 g/mol. The van der Waals surface area contributed by atoms with E-state index >= 15 is 0 Å². The molecule has 1 rings (SSSR count). The first-order valence-corrected chi connectivity index (χ1v) is 11.9. The molecule has 0 radical (unpaired) electrons. The van der Waals surface area contributed by atoms with E-state index in [1.54, 1.807) is 39.8 Å². The van der Waals surface area contributed by atoms with Crippen molar-refractivity contribution in [3.05, 3.63) is 29.3 Å². The molecule has 10 heteroatoms. The summed E-state index contributed by atoms with van der Waals surface area (Å²) in [5.74, 6) is 2.81. The zero-order chi connectivity index (χ0) is 27.1. The van der Waals surface area contributed by atoms with Gasteiger partial charge < -0.3 is 30.0 Å². The quantitative estimate of drug-likeness (QED) is 0.224. The Labute approximate surface area is 212 Å². The van der Waals surface area contributed by atoms with Gasteiger partial charge in [-0.2, -0.15) is 0 Å². The van der Waals surface area contributed by atoms with Crippen molar-refractivity contribution < 1.29 is 38.5 Å². The smallest absolute Gasteiger partial charge is 0.408 e. The normalized spacial score (nSPS) is 11.4. The van der Waals surface area contributed by atoms with Crippen LogP contribution < -0.4 is 15.4 Å². The number of carboxylic acid groups (broad SMARTS) is 1. The molecule has 0 aromatic heterocycles. The fourth-order valence-corrected chi connectivity index (χ4v) is 2.96. The van der Waals surface area contributed by atoms with Gasteiger partial charge in [0.05, 0.1) is 12.2 Å². The summed E-state index contributed by atoms with van der Waals surface area (Å²) in [5, 5.41) is 14.4. The molecular formula is C26H36N2O8. The Kier molecular flexibility index (Phi) is 12.9. The number of alkyl carbamates (subject to hydrolysis) is 1. The maximum atomic E-state index is 12.9. The molecule has 0 unspecified atom stereocenters. The van der Waals surface area contributed by atoms with E-state index in [9.17, 15) is 19.2 Å². The van der Waals surface area contributed by atoms with Crippen LogP contribution in [0.5, 0.6) is 5.75 Å². The Morgan fingerprint density at radius 2 is 1.83 bits per heavy atom. The first-order valence-electron chi connectivity index (χ1n) is 11.9. The number of ether oxygens (including phenoxy) is 3. The largest absolute Gasteiger partial charge is 0.481 e. The molecule has 1 aromatic carbocycles. The van der Waals surface area contributed by atoms with E-state index in [-0.39, 0.29) is 30.2 Å². The number of amides is 2. The average molecular weight is 505 g/mol. The highest BCUT2D eigenvalue weighted by molar-refractivity contribution is 5.89. The van der Waals surface area contributed by atoms with Crippen LogP contribution >= 0.6 is 0 Å². The van der Waals surface area contributed by atoms with Crippen LogP contribution in [-0.4, -0.2) is 60.4 Å². The summed E-state index contributed by atoms with van der Waals surface area (Å²) in [7, 11) is 0. The number of aliphatic carboxylic acids is 1. The minimum atomic E-state index is -1.18. The number of hydrogen-bond donors (Lipinski definition) is 3. The molecule has 0 saturated heterocycles. The highest BCUT2D eigenvalue weighted by Gasteiger charge is 2.25. The molecule has 0 aliphatic heterocycles. The van der Waals surface area contributed by atoms with Gasteiger partial charge in [0.1, 0.15) is 17.4 Å². The minimum Gasteiger partial charge on any atom is -0.481 e. The molecule has 0 heterocycles. The van der Waals surface area contributed by atoms with Gasteiger partial charge in [-0.25, -0.2) is 14.4 Å². The number of esters is 1. The SMILES string of the molecule is CCCCCNC(=O)[C@H](Cc1ccc(OCC(=O)O)c(C#CC(=O)OCC)c1)NC(=O)OC(C)(C)C. The maximum absolute atomic E-state index is 12.9. The number of carbonyl (C=O) groups is 4. The second-order valence-corrected chi connectivity index (χ2v) is 8.88. The molecule has 2 amide bonds. The number of rotatable bonds is 12. The first-order chi connectivity index (χ1) is 16.9. The van der Waals surface area contributed by atoms with Crippen LogP contribution in [0.4, 0.5) is 4.79 Å². The highest BCUT2D eigenvalue weighted by atomic mass is 16.6. The van der Waals surface area contributed by atoms with E-state index in [0.717, 1.165) is 19.3 Å². The third-order valence-corrected chi connectivity index (χ3v) is 4.50. The lowest BCUT2D eigenvalue weighted by Gasteiger charge is -2.23. The highest BCUT2D eigenvalue weighted by Crippen LogP contribution is 2.21. The molecular weight excluding hydrogens is 468 g/mol. The molecule has 198 valence electrons. The van der Waals surface area contributed by atoms with Crippen LogP contribution in [0.3, 0.4) is 0 Å². The number of carboxylic acids is 1. The molecule has 1 atom stereocenters. The first kappa shape index (κ1) is 30.3. The lowest BCUT2D eigenvalue weighted by molar-refractivity contribution is -0.139. The fourth-order valence-electron chi connectivity index (χ4n) is 2.96. The summed E-state index contributed by atoms with van der Waals surface area (Å²) in [6, 6.07) is 3.74. The summed E-state index contributed by atoms with van der Waals surface area (Å²) in [6.45, 7) is 8.88. The van der Waals surface area contributed by atoms with Crippen molar-refractivity contribution in [1.82, 2.24) is 10.6 Å². The third-order valence-electron chi connectivity index (χ3n) is 4.50. The number of unbranched alkanes of at least 4 members (excludes halogenated alkanes) is 2. The summed E-state index contributed by atoms with van der Waals surface area (Å²) in [4.78, 5) is 47.9. The third kappa shape index (κ3) is 12.6. The van der Waals surface area contributed by atoms with Crippen molar-refractivity contribution >= 4 is 23.9 Å². The van der Waals surface area contributed by atoms with Crippen LogP contribution in [-0.2, 0) is 30.3 Å². The van der Waals surface area contributed by atoms with Crippen molar-refractivity contribution in [3.63, 3.8) is 0 Å². The van der Waals surface area contributed by atoms with E-state index in [4.69, 9.17) is 19.3 Å². The van der Waals surface area contributed by atoms with Gasteiger partial charge in [0, 0.05) is 18.9 Å². The molecule has 0 bridgehead atoms. The topological polar surface area (TPSA) is 140 Å². The molecule has 0 aliphatic rings. The van der Waals surface area contributed by atoms with Crippen LogP contribution in [0, 0.1) is 11.8 Å². The summed E-state index contributed by atoms with van der Waals surface area (Å²) in [6.07, 6.45) is 2.13. The van der Waals surface area contributed by atoms with E-state index in [1.165, 1.54) is 6.07 Å². The van der Waals surface area contributed by atoms with Gasteiger partial charge in [-0.3, -0.25) is 4.79 Å². The van der Waals surface area contributed by atoms with E-state index in [1.807, 2.05) is 0 Å². The fraction of sp³-hybridized carbons (Fsp3) is 0.538. The van der Waals surface area contributed by atoms with Gasteiger partial charge in [-0.1, -0.05) is 31.8 Å².